The molecular formula is C49H93NO5. The van der Waals surface area contributed by atoms with Gasteiger partial charge in [0.25, 0.3) is 0 Å². The summed E-state index contributed by atoms with van der Waals surface area (Å²) in [7, 11) is 0. The fourth-order valence-corrected chi connectivity index (χ4v) is 7.41. The largest absolute Gasteiger partial charge is 0.462 e. The highest BCUT2D eigenvalue weighted by Crippen LogP contribution is 2.18. The van der Waals surface area contributed by atoms with E-state index in [2.05, 4.69) is 50.4 Å². The Morgan fingerprint density at radius 3 is 1.47 bits per heavy atom. The first-order chi connectivity index (χ1) is 27.0. The summed E-state index contributed by atoms with van der Waals surface area (Å²) in [4.78, 5) is 26.0. The van der Waals surface area contributed by atoms with Gasteiger partial charge in [-0.3, -0.25) is 9.59 Å². The van der Waals surface area contributed by atoms with Crippen LogP contribution in [0.15, 0.2) is 24.3 Å². The molecule has 3 unspecified atom stereocenters. The minimum absolute atomic E-state index is 0.0792. The van der Waals surface area contributed by atoms with E-state index in [1.54, 1.807) is 0 Å². The zero-order chi connectivity index (χ0) is 40.3. The minimum atomic E-state index is -0.782. The molecule has 0 spiro atoms. The molecule has 324 valence electrons. The lowest BCUT2D eigenvalue weighted by Gasteiger charge is -2.24. The SMILES string of the molecule is CC/C=C/C/C=C/CCCCCCCCCC(=O)OC(CCCCCCCCCCCCCC)CC(=O)NC(CO)C(O)CCCCCCCCCCCC. The molecule has 3 N–H and O–H groups in total. The van der Waals surface area contributed by atoms with Crippen molar-refractivity contribution in [3.8, 4) is 0 Å². The fraction of sp³-hybridized carbons (Fsp3) is 0.878. The van der Waals surface area contributed by atoms with Crippen molar-refractivity contribution in [2.75, 3.05) is 6.61 Å². The first kappa shape index (κ1) is 53.3. The number of aliphatic hydroxyl groups excluding tert-OH is 2. The molecule has 1 amide bonds. The Morgan fingerprint density at radius 2 is 0.982 bits per heavy atom. The molecule has 55 heavy (non-hydrogen) atoms. The van der Waals surface area contributed by atoms with Gasteiger partial charge in [-0.2, -0.15) is 0 Å². The van der Waals surface area contributed by atoms with Crippen LogP contribution in [-0.4, -0.2) is 46.9 Å². The number of carbonyl (C=O) groups excluding carboxylic acids is 2. The number of hydrogen-bond acceptors (Lipinski definition) is 5. The monoisotopic (exact) mass is 776 g/mol. The highest BCUT2D eigenvalue weighted by atomic mass is 16.5. The molecule has 0 aliphatic carbocycles. The van der Waals surface area contributed by atoms with Gasteiger partial charge in [0.2, 0.25) is 5.91 Å². The zero-order valence-corrected chi connectivity index (χ0v) is 36.8. The van der Waals surface area contributed by atoms with Crippen molar-refractivity contribution in [1.29, 1.82) is 0 Å². The Hall–Kier alpha value is -1.66. The maximum absolute atomic E-state index is 13.1. The standard InChI is InChI=1S/C49H93NO5/c1-4-7-10-13-16-19-22-24-25-27-30-33-36-39-42-49(54)55-45(40-37-34-31-28-26-23-20-17-14-11-8-5-2)43-48(53)50-46(44-51)47(52)41-38-35-32-29-21-18-15-12-9-6-3/h7,10,16,19,45-47,51-52H,4-6,8-9,11-15,17-18,20-44H2,1-3H3,(H,50,53)/b10-7+,19-16+. The van der Waals surface area contributed by atoms with Gasteiger partial charge < -0.3 is 20.3 Å². The van der Waals surface area contributed by atoms with Crippen LogP contribution < -0.4 is 5.32 Å². The first-order valence-electron chi connectivity index (χ1n) is 24.1. The summed E-state index contributed by atoms with van der Waals surface area (Å²) in [5.74, 6) is -0.473. The Labute approximate surface area is 341 Å². The van der Waals surface area contributed by atoms with Crippen LogP contribution in [0.25, 0.3) is 0 Å². The molecule has 0 aliphatic rings. The van der Waals surface area contributed by atoms with Crippen molar-refractivity contribution in [3.05, 3.63) is 24.3 Å². The summed E-state index contributed by atoms with van der Waals surface area (Å²) < 4.78 is 5.91. The van der Waals surface area contributed by atoms with Crippen LogP contribution in [-0.2, 0) is 14.3 Å². The van der Waals surface area contributed by atoms with E-state index in [1.807, 2.05) is 0 Å². The van der Waals surface area contributed by atoms with E-state index in [4.69, 9.17) is 4.74 Å². The van der Waals surface area contributed by atoms with Gasteiger partial charge in [0.1, 0.15) is 6.10 Å². The van der Waals surface area contributed by atoms with Gasteiger partial charge in [-0.1, -0.05) is 212 Å². The first-order valence-corrected chi connectivity index (χ1v) is 24.1. The molecule has 0 aromatic rings. The third-order valence-corrected chi connectivity index (χ3v) is 11.0. The van der Waals surface area contributed by atoms with Crippen LogP contribution in [0.4, 0.5) is 0 Å². The van der Waals surface area contributed by atoms with Gasteiger partial charge in [0.05, 0.1) is 25.2 Å². The summed E-state index contributed by atoms with van der Waals surface area (Å²) in [6.45, 7) is 6.37. The van der Waals surface area contributed by atoms with E-state index in [0.717, 1.165) is 64.2 Å². The van der Waals surface area contributed by atoms with Crippen LogP contribution in [0.1, 0.15) is 252 Å². The van der Waals surface area contributed by atoms with E-state index in [1.165, 1.54) is 141 Å². The quantitative estimate of drug-likeness (QED) is 0.0326. The smallest absolute Gasteiger partial charge is 0.306 e. The van der Waals surface area contributed by atoms with Crippen LogP contribution in [0.2, 0.25) is 0 Å². The fourth-order valence-electron chi connectivity index (χ4n) is 7.41. The van der Waals surface area contributed by atoms with Crippen molar-refractivity contribution in [1.82, 2.24) is 5.32 Å². The molecule has 6 heteroatoms. The van der Waals surface area contributed by atoms with Crippen LogP contribution in [0.3, 0.4) is 0 Å². The van der Waals surface area contributed by atoms with E-state index in [0.29, 0.717) is 19.3 Å². The zero-order valence-electron chi connectivity index (χ0n) is 36.8. The molecule has 0 aliphatic heterocycles. The summed E-state index contributed by atoms with van der Waals surface area (Å²) in [5, 5.41) is 23.6. The number of unbranched alkanes of at least 4 members (excludes halogenated alkanes) is 27. The Morgan fingerprint density at radius 1 is 0.545 bits per heavy atom. The van der Waals surface area contributed by atoms with Gasteiger partial charge in [0, 0.05) is 6.42 Å². The van der Waals surface area contributed by atoms with Crippen molar-refractivity contribution in [2.45, 2.75) is 270 Å². The molecule has 0 aromatic heterocycles. The molecule has 0 saturated carbocycles. The predicted octanol–water partition coefficient (Wildman–Crippen LogP) is 14.0. The lowest BCUT2D eigenvalue weighted by atomic mass is 10.0. The van der Waals surface area contributed by atoms with Gasteiger partial charge in [-0.25, -0.2) is 0 Å². The van der Waals surface area contributed by atoms with E-state index < -0.39 is 18.2 Å². The van der Waals surface area contributed by atoms with Gasteiger partial charge in [0.15, 0.2) is 0 Å². The maximum atomic E-state index is 13.1. The number of rotatable bonds is 43. The maximum Gasteiger partial charge on any atom is 0.306 e. The van der Waals surface area contributed by atoms with E-state index in [9.17, 15) is 19.8 Å². The predicted molar refractivity (Wildman–Crippen MR) is 236 cm³/mol. The Kier molecular flexibility index (Phi) is 42.2. The lowest BCUT2D eigenvalue weighted by Crippen LogP contribution is -2.46. The highest BCUT2D eigenvalue weighted by molar-refractivity contribution is 5.77. The van der Waals surface area contributed by atoms with Gasteiger partial charge >= 0.3 is 5.97 Å². The van der Waals surface area contributed by atoms with Crippen molar-refractivity contribution < 1.29 is 24.5 Å². The average molecular weight is 776 g/mol. The molecule has 0 rings (SSSR count). The molecule has 6 nitrogen and oxygen atoms in total. The van der Waals surface area contributed by atoms with Gasteiger partial charge in [-0.05, 0) is 51.4 Å². The van der Waals surface area contributed by atoms with Gasteiger partial charge in [-0.15, -0.1) is 0 Å². The van der Waals surface area contributed by atoms with E-state index in [-0.39, 0.29) is 24.9 Å². The van der Waals surface area contributed by atoms with Crippen LogP contribution >= 0.6 is 0 Å². The lowest BCUT2D eigenvalue weighted by molar-refractivity contribution is -0.151. The third kappa shape index (κ3) is 39.0. The van der Waals surface area contributed by atoms with Crippen LogP contribution in [0.5, 0.6) is 0 Å². The molecule has 0 bridgehead atoms. The second-order valence-electron chi connectivity index (χ2n) is 16.5. The molecule has 0 aromatic carbocycles. The number of carbonyl (C=O) groups is 2. The molecule has 0 saturated heterocycles. The summed E-state index contributed by atoms with van der Waals surface area (Å²) >= 11 is 0. The molecule has 3 atom stereocenters. The summed E-state index contributed by atoms with van der Waals surface area (Å²) in [6, 6.07) is -0.696. The van der Waals surface area contributed by atoms with Crippen LogP contribution in [0, 0.1) is 0 Å². The third-order valence-electron chi connectivity index (χ3n) is 11.0. The highest BCUT2D eigenvalue weighted by Gasteiger charge is 2.24. The number of amides is 1. The number of esters is 1. The second kappa shape index (κ2) is 43.5. The summed E-state index contributed by atoms with van der Waals surface area (Å²) in [5.41, 5.74) is 0. The van der Waals surface area contributed by atoms with Crippen molar-refractivity contribution in [3.63, 3.8) is 0 Å². The normalized spacial score (nSPS) is 13.5. The Bertz CT molecular complexity index is 873. The molecule has 0 fully saturated rings. The molecule has 0 heterocycles. The molecule has 0 radical (unpaired) electrons. The topological polar surface area (TPSA) is 95.9 Å². The van der Waals surface area contributed by atoms with Crippen molar-refractivity contribution >= 4 is 11.9 Å². The molecular weight excluding hydrogens is 683 g/mol. The van der Waals surface area contributed by atoms with Crippen molar-refractivity contribution in [2.24, 2.45) is 0 Å². The average Bonchev–Trinajstić information content (AvgIpc) is 3.18. The number of aliphatic hydroxyl groups is 2. The minimum Gasteiger partial charge on any atom is -0.462 e. The number of ether oxygens (including phenoxy) is 1. The second-order valence-corrected chi connectivity index (χ2v) is 16.5. The summed E-state index contributed by atoms with van der Waals surface area (Å²) in [6.07, 6.45) is 48.1. The number of hydrogen-bond donors (Lipinski definition) is 3. The van der Waals surface area contributed by atoms with E-state index >= 15 is 0 Å². The number of nitrogens with one attached hydrogen (secondary N) is 1. The number of allylic oxidation sites excluding steroid dienone is 4. The Balaban J connectivity index is 4.56.